The van der Waals surface area contributed by atoms with E-state index in [0.29, 0.717) is 0 Å². The van der Waals surface area contributed by atoms with E-state index in [1.54, 1.807) is 13.0 Å². The van der Waals surface area contributed by atoms with Crippen molar-refractivity contribution in [3.8, 4) is 6.07 Å². The zero-order valence-electron chi connectivity index (χ0n) is 10.0. The molecular weight excluding hydrogens is 261 g/mol. The Labute approximate surface area is 107 Å². The standard InChI is InChI=1S/C12H11F3N2O2/c1-2-19-11(18)7-17-10-4-3-9(12(13,14)15)5-8(10)6-16/h3-5,17H,2,7H2,1H3. The van der Waals surface area contributed by atoms with Crippen LogP contribution in [-0.2, 0) is 15.7 Å². The first-order valence-corrected chi connectivity index (χ1v) is 5.39. The average molecular weight is 272 g/mol. The molecular formula is C12H11F3N2O2. The maximum atomic E-state index is 12.4. The zero-order valence-corrected chi connectivity index (χ0v) is 10.0. The first-order valence-electron chi connectivity index (χ1n) is 5.39. The molecule has 0 unspecified atom stereocenters. The summed E-state index contributed by atoms with van der Waals surface area (Å²) in [7, 11) is 0. The van der Waals surface area contributed by atoms with Crippen molar-refractivity contribution in [3.05, 3.63) is 29.3 Å². The molecule has 4 nitrogen and oxygen atoms in total. The van der Waals surface area contributed by atoms with Gasteiger partial charge >= 0.3 is 12.1 Å². The largest absolute Gasteiger partial charge is 0.465 e. The second kappa shape index (κ2) is 6.09. The molecule has 0 fully saturated rings. The monoisotopic (exact) mass is 272 g/mol. The van der Waals surface area contributed by atoms with Crippen molar-refractivity contribution < 1.29 is 22.7 Å². The molecule has 0 bridgehead atoms. The minimum atomic E-state index is -4.51. The topological polar surface area (TPSA) is 62.1 Å². The molecule has 0 saturated heterocycles. The van der Waals surface area contributed by atoms with E-state index in [4.69, 9.17) is 5.26 Å². The second-order valence-electron chi connectivity index (χ2n) is 3.53. The van der Waals surface area contributed by atoms with Crippen molar-refractivity contribution in [3.63, 3.8) is 0 Å². The number of alkyl halides is 3. The van der Waals surface area contributed by atoms with Crippen molar-refractivity contribution in [1.29, 1.82) is 5.26 Å². The van der Waals surface area contributed by atoms with Crippen LogP contribution in [0, 0.1) is 11.3 Å². The number of nitrogens with zero attached hydrogens (tertiary/aromatic N) is 1. The minimum absolute atomic E-state index is 0.156. The Balaban J connectivity index is 2.86. The molecule has 1 rings (SSSR count). The Kier molecular flexibility index (Phi) is 4.75. The summed E-state index contributed by atoms with van der Waals surface area (Å²) in [6.07, 6.45) is -4.51. The van der Waals surface area contributed by atoms with Gasteiger partial charge in [-0.1, -0.05) is 0 Å². The van der Waals surface area contributed by atoms with Gasteiger partial charge in [-0.3, -0.25) is 4.79 Å². The molecule has 102 valence electrons. The third kappa shape index (κ3) is 4.17. The van der Waals surface area contributed by atoms with E-state index in [1.165, 1.54) is 0 Å². The molecule has 0 radical (unpaired) electrons. The number of halogens is 3. The van der Waals surface area contributed by atoms with E-state index in [9.17, 15) is 18.0 Å². The third-order valence-electron chi connectivity index (χ3n) is 2.20. The number of esters is 1. The molecule has 0 aromatic heterocycles. The fourth-order valence-electron chi connectivity index (χ4n) is 1.35. The van der Waals surface area contributed by atoms with Gasteiger partial charge in [0, 0.05) is 0 Å². The van der Waals surface area contributed by atoms with Gasteiger partial charge in [0.1, 0.15) is 12.6 Å². The SMILES string of the molecule is CCOC(=O)CNc1ccc(C(F)(F)F)cc1C#N. The predicted molar refractivity (Wildman–Crippen MR) is 61.3 cm³/mol. The number of benzene rings is 1. The van der Waals surface area contributed by atoms with Crippen molar-refractivity contribution in [2.75, 3.05) is 18.5 Å². The Hall–Kier alpha value is -2.23. The fourth-order valence-corrected chi connectivity index (χ4v) is 1.35. The van der Waals surface area contributed by atoms with Crippen LogP contribution < -0.4 is 5.32 Å². The summed E-state index contributed by atoms with van der Waals surface area (Å²) in [4.78, 5) is 11.1. The summed E-state index contributed by atoms with van der Waals surface area (Å²) >= 11 is 0. The van der Waals surface area contributed by atoms with Gasteiger partial charge in [-0.05, 0) is 25.1 Å². The van der Waals surface area contributed by atoms with Crippen LogP contribution in [0.4, 0.5) is 18.9 Å². The van der Waals surface area contributed by atoms with Crippen LogP contribution in [0.5, 0.6) is 0 Å². The normalized spacial score (nSPS) is 10.7. The molecule has 0 heterocycles. The number of nitriles is 1. The minimum Gasteiger partial charge on any atom is -0.465 e. The number of rotatable bonds is 4. The molecule has 0 aliphatic heterocycles. The van der Waals surface area contributed by atoms with Crippen LogP contribution in [0.15, 0.2) is 18.2 Å². The zero-order chi connectivity index (χ0) is 14.5. The van der Waals surface area contributed by atoms with E-state index >= 15 is 0 Å². The average Bonchev–Trinajstić information content (AvgIpc) is 2.35. The number of nitrogens with one attached hydrogen (secondary N) is 1. The smallest absolute Gasteiger partial charge is 0.416 e. The Morgan fingerprint density at radius 2 is 2.16 bits per heavy atom. The molecule has 0 aliphatic carbocycles. The molecule has 19 heavy (non-hydrogen) atoms. The second-order valence-corrected chi connectivity index (χ2v) is 3.53. The van der Waals surface area contributed by atoms with Gasteiger partial charge < -0.3 is 10.1 Å². The van der Waals surface area contributed by atoms with E-state index in [2.05, 4.69) is 10.1 Å². The number of carbonyl (C=O) groups is 1. The highest BCUT2D eigenvalue weighted by Crippen LogP contribution is 2.31. The number of hydrogen-bond acceptors (Lipinski definition) is 4. The van der Waals surface area contributed by atoms with E-state index in [1.807, 2.05) is 0 Å². The lowest BCUT2D eigenvalue weighted by Crippen LogP contribution is -2.17. The lowest BCUT2D eigenvalue weighted by molar-refractivity contribution is -0.141. The van der Waals surface area contributed by atoms with Crippen molar-refractivity contribution >= 4 is 11.7 Å². The van der Waals surface area contributed by atoms with Crippen LogP contribution in [0.1, 0.15) is 18.1 Å². The van der Waals surface area contributed by atoms with E-state index in [0.717, 1.165) is 18.2 Å². The molecule has 0 spiro atoms. The summed E-state index contributed by atoms with van der Waals surface area (Å²) in [6.45, 7) is 1.63. The summed E-state index contributed by atoms with van der Waals surface area (Å²) < 4.78 is 42.0. The van der Waals surface area contributed by atoms with Crippen LogP contribution >= 0.6 is 0 Å². The predicted octanol–water partition coefficient (Wildman–Crippen LogP) is 2.55. The Morgan fingerprint density at radius 3 is 2.68 bits per heavy atom. The Morgan fingerprint density at radius 1 is 1.47 bits per heavy atom. The number of carbonyl (C=O) groups excluding carboxylic acids is 1. The highest BCUT2D eigenvalue weighted by atomic mass is 19.4. The van der Waals surface area contributed by atoms with Crippen molar-refractivity contribution in [2.45, 2.75) is 13.1 Å². The first kappa shape index (κ1) is 14.8. The van der Waals surface area contributed by atoms with Gasteiger partial charge in [-0.15, -0.1) is 0 Å². The van der Waals surface area contributed by atoms with Gasteiger partial charge in [0.2, 0.25) is 0 Å². The lowest BCUT2D eigenvalue weighted by atomic mass is 10.1. The number of hydrogen-bond donors (Lipinski definition) is 1. The molecule has 1 N–H and O–H groups in total. The third-order valence-corrected chi connectivity index (χ3v) is 2.20. The lowest BCUT2D eigenvalue weighted by Gasteiger charge is -2.11. The number of ether oxygens (including phenoxy) is 1. The highest BCUT2D eigenvalue weighted by Gasteiger charge is 2.31. The molecule has 1 aromatic carbocycles. The highest BCUT2D eigenvalue weighted by molar-refractivity contribution is 5.76. The van der Waals surface area contributed by atoms with Gasteiger partial charge in [0.25, 0.3) is 0 Å². The maximum absolute atomic E-state index is 12.4. The van der Waals surface area contributed by atoms with Gasteiger partial charge in [-0.25, -0.2) is 0 Å². The quantitative estimate of drug-likeness (QED) is 0.856. The van der Waals surface area contributed by atoms with Crippen LogP contribution in [0.2, 0.25) is 0 Å². The molecule has 0 amide bonds. The molecule has 0 atom stereocenters. The molecule has 0 saturated carbocycles. The van der Waals surface area contributed by atoms with Gasteiger partial charge in [0.05, 0.1) is 23.4 Å². The van der Waals surface area contributed by atoms with Crippen molar-refractivity contribution in [2.24, 2.45) is 0 Å². The molecule has 0 aliphatic rings. The summed E-state index contributed by atoms with van der Waals surface area (Å²) in [6, 6.07) is 4.33. The fraction of sp³-hybridized carbons (Fsp3) is 0.333. The number of anilines is 1. The molecule has 7 heteroatoms. The van der Waals surface area contributed by atoms with Crippen LogP contribution in [-0.4, -0.2) is 19.1 Å². The van der Waals surface area contributed by atoms with Crippen molar-refractivity contribution in [1.82, 2.24) is 0 Å². The Bertz CT molecular complexity index is 507. The first-order chi connectivity index (χ1) is 8.88. The summed E-state index contributed by atoms with van der Waals surface area (Å²) in [5.74, 6) is -0.550. The summed E-state index contributed by atoms with van der Waals surface area (Å²) in [5, 5.41) is 11.4. The van der Waals surface area contributed by atoms with Gasteiger partial charge in [-0.2, -0.15) is 18.4 Å². The van der Waals surface area contributed by atoms with Gasteiger partial charge in [0.15, 0.2) is 0 Å². The molecule has 1 aromatic rings. The van der Waals surface area contributed by atoms with E-state index < -0.39 is 17.7 Å². The van der Waals surface area contributed by atoms with E-state index in [-0.39, 0.29) is 24.4 Å². The van der Waals surface area contributed by atoms with Crippen LogP contribution in [0.3, 0.4) is 0 Å². The summed E-state index contributed by atoms with van der Waals surface area (Å²) in [5.41, 5.74) is -0.937. The van der Waals surface area contributed by atoms with Crippen LogP contribution in [0.25, 0.3) is 0 Å². The maximum Gasteiger partial charge on any atom is 0.416 e.